The smallest absolute Gasteiger partial charge is 0.343 e. The fourth-order valence-corrected chi connectivity index (χ4v) is 1.97. The summed E-state index contributed by atoms with van der Waals surface area (Å²) in [6.07, 6.45) is 0. The van der Waals surface area contributed by atoms with Crippen LogP contribution in [0.15, 0.2) is 30.3 Å². The first-order valence-corrected chi connectivity index (χ1v) is 5.93. The minimum Gasteiger partial charge on any atom is -0.496 e. The van der Waals surface area contributed by atoms with Crippen LogP contribution in [0.2, 0.25) is 0 Å². The van der Waals surface area contributed by atoms with Gasteiger partial charge in [-0.2, -0.15) is 0 Å². The molecule has 0 unspecified atom stereocenters. The average Bonchev–Trinajstić information content (AvgIpc) is 2.45. The largest absolute Gasteiger partial charge is 0.496 e. The summed E-state index contributed by atoms with van der Waals surface area (Å²) in [7, 11) is 2.97. The van der Waals surface area contributed by atoms with Crippen molar-refractivity contribution in [3.8, 4) is 11.5 Å². The van der Waals surface area contributed by atoms with E-state index in [4.69, 9.17) is 9.47 Å². The van der Waals surface area contributed by atoms with Crippen molar-refractivity contribution in [2.24, 2.45) is 0 Å². The standard InChI is InChI=1S/C15H16O4/c1-10-7-8-11-12(5-4-6-13(11)17-2)15(10)19-9-14(16)18-3/h4-8H,9H2,1-3H3. The van der Waals surface area contributed by atoms with E-state index < -0.39 is 5.97 Å². The van der Waals surface area contributed by atoms with Gasteiger partial charge in [-0.25, -0.2) is 4.79 Å². The molecule has 0 aliphatic rings. The molecule has 0 heterocycles. The van der Waals surface area contributed by atoms with Crippen molar-refractivity contribution in [1.29, 1.82) is 0 Å². The molecule has 0 aliphatic carbocycles. The van der Waals surface area contributed by atoms with E-state index >= 15 is 0 Å². The van der Waals surface area contributed by atoms with Crippen LogP contribution in [0.4, 0.5) is 0 Å². The fraction of sp³-hybridized carbons (Fsp3) is 0.267. The number of ether oxygens (including phenoxy) is 3. The highest BCUT2D eigenvalue weighted by Crippen LogP contribution is 2.34. The van der Waals surface area contributed by atoms with Gasteiger partial charge in [0.1, 0.15) is 11.5 Å². The van der Waals surface area contributed by atoms with Gasteiger partial charge in [-0.05, 0) is 18.6 Å². The summed E-state index contributed by atoms with van der Waals surface area (Å²) >= 11 is 0. The zero-order valence-electron chi connectivity index (χ0n) is 11.2. The van der Waals surface area contributed by atoms with Crippen molar-refractivity contribution >= 4 is 16.7 Å². The quantitative estimate of drug-likeness (QED) is 0.793. The van der Waals surface area contributed by atoms with Gasteiger partial charge in [0, 0.05) is 10.8 Å². The minimum absolute atomic E-state index is 0.104. The molecule has 0 saturated carbocycles. The van der Waals surface area contributed by atoms with Gasteiger partial charge in [0.2, 0.25) is 0 Å². The molecule has 2 aromatic rings. The molecular weight excluding hydrogens is 244 g/mol. The van der Waals surface area contributed by atoms with Crippen molar-refractivity contribution in [2.75, 3.05) is 20.8 Å². The molecule has 0 bridgehead atoms. The highest BCUT2D eigenvalue weighted by molar-refractivity contribution is 5.94. The SMILES string of the molecule is COC(=O)COc1c(C)ccc2c(OC)cccc12. The Kier molecular flexibility index (Phi) is 3.90. The number of carbonyl (C=O) groups excluding carboxylic acids is 1. The Hall–Kier alpha value is -2.23. The molecule has 2 rings (SSSR count). The van der Waals surface area contributed by atoms with Crippen molar-refractivity contribution < 1.29 is 19.0 Å². The minimum atomic E-state index is -0.403. The Morgan fingerprint density at radius 1 is 1.11 bits per heavy atom. The summed E-state index contributed by atoms with van der Waals surface area (Å²) in [5.41, 5.74) is 0.963. The second-order valence-electron chi connectivity index (χ2n) is 4.13. The third kappa shape index (κ3) is 2.62. The Labute approximate surface area is 111 Å². The highest BCUT2D eigenvalue weighted by Gasteiger charge is 2.11. The third-order valence-electron chi connectivity index (χ3n) is 2.95. The van der Waals surface area contributed by atoms with E-state index in [-0.39, 0.29) is 6.61 Å². The van der Waals surface area contributed by atoms with Crippen molar-refractivity contribution in [3.05, 3.63) is 35.9 Å². The Morgan fingerprint density at radius 2 is 1.89 bits per heavy atom. The third-order valence-corrected chi connectivity index (χ3v) is 2.95. The van der Waals surface area contributed by atoms with Crippen LogP contribution in [-0.4, -0.2) is 26.8 Å². The van der Waals surface area contributed by atoms with E-state index in [1.807, 2.05) is 37.3 Å². The molecule has 100 valence electrons. The first-order chi connectivity index (χ1) is 9.17. The van der Waals surface area contributed by atoms with Crippen LogP contribution < -0.4 is 9.47 Å². The molecule has 0 fully saturated rings. The molecule has 0 aromatic heterocycles. The number of fused-ring (bicyclic) bond motifs is 1. The molecule has 2 aromatic carbocycles. The van der Waals surface area contributed by atoms with Crippen LogP contribution in [0.25, 0.3) is 10.8 Å². The first kappa shape index (κ1) is 13.2. The lowest BCUT2D eigenvalue weighted by atomic mass is 10.1. The van der Waals surface area contributed by atoms with Gasteiger partial charge in [-0.1, -0.05) is 24.3 Å². The monoisotopic (exact) mass is 260 g/mol. The predicted octanol–water partition coefficient (Wildman–Crippen LogP) is 2.71. The maximum atomic E-state index is 11.2. The molecule has 0 N–H and O–H groups in total. The van der Waals surface area contributed by atoms with Crippen LogP contribution in [0, 0.1) is 6.92 Å². The van der Waals surface area contributed by atoms with E-state index in [2.05, 4.69) is 4.74 Å². The molecule has 19 heavy (non-hydrogen) atoms. The van der Waals surface area contributed by atoms with Crippen molar-refractivity contribution in [1.82, 2.24) is 0 Å². The zero-order valence-corrected chi connectivity index (χ0v) is 11.2. The molecular formula is C15H16O4. The zero-order chi connectivity index (χ0) is 13.8. The second kappa shape index (κ2) is 5.61. The maximum Gasteiger partial charge on any atom is 0.343 e. The molecule has 0 atom stereocenters. The second-order valence-corrected chi connectivity index (χ2v) is 4.13. The van der Waals surface area contributed by atoms with Crippen LogP contribution in [-0.2, 0) is 9.53 Å². The van der Waals surface area contributed by atoms with E-state index in [1.165, 1.54) is 7.11 Å². The number of aryl methyl sites for hydroxylation is 1. The van der Waals surface area contributed by atoms with Gasteiger partial charge in [-0.3, -0.25) is 0 Å². The van der Waals surface area contributed by atoms with Gasteiger partial charge in [0.15, 0.2) is 6.61 Å². The Balaban J connectivity index is 2.46. The number of carbonyl (C=O) groups is 1. The van der Waals surface area contributed by atoms with Crippen LogP contribution in [0.1, 0.15) is 5.56 Å². The maximum absolute atomic E-state index is 11.2. The summed E-state index contributed by atoms with van der Waals surface area (Å²) in [4.78, 5) is 11.2. The summed E-state index contributed by atoms with van der Waals surface area (Å²) in [6.45, 7) is 1.83. The van der Waals surface area contributed by atoms with E-state index in [9.17, 15) is 4.79 Å². The summed E-state index contributed by atoms with van der Waals surface area (Å²) in [5.74, 6) is 1.06. The number of methoxy groups -OCH3 is 2. The van der Waals surface area contributed by atoms with Crippen LogP contribution >= 0.6 is 0 Å². The number of esters is 1. The number of rotatable bonds is 4. The molecule has 4 heteroatoms. The van der Waals surface area contributed by atoms with Crippen LogP contribution in [0.5, 0.6) is 11.5 Å². The molecule has 0 radical (unpaired) electrons. The van der Waals surface area contributed by atoms with Crippen molar-refractivity contribution in [2.45, 2.75) is 6.92 Å². The molecule has 0 aliphatic heterocycles. The van der Waals surface area contributed by atoms with E-state index in [0.717, 1.165) is 22.1 Å². The molecule has 0 saturated heterocycles. The summed E-state index contributed by atoms with van der Waals surface area (Å²) in [5, 5.41) is 1.87. The molecule has 4 nitrogen and oxygen atoms in total. The summed E-state index contributed by atoms with van der Waals surface area (Å²) < 4.78 is 15.5. The average molecular weight is 260 g/mol. The lowest BCUT2D eigenvalue weighted by Gasteiger charge is -2.13. The van der Waals surface area contributed by atoms with Gasteiger partial charge >= 0.3 is 5.97 Å². The predicted molar refractivity (Wildman–Crippen MR) is 72.7 cm³/mol. The lowest BCUT2D eigenvalue weighted by molar-refractivity contribution is -0.142. The highest BCUT2D eigenvalue weighted by atomic mass is 16.6. The van der Waals surface area contributed by atoms with E-state index in [1.54, 1.807) is 7.11 Å². The lowest BCUT2D eigenvalue weighted by Crippen LogP contribution is -2.13. The van der Waals surface area contributed by atoms with Crippen LogP contribution in [0.3, 0.4) is 0 Å². The molecule has 0 spiro atoms. The van der Waals surface area contributed by atoms with Gasteiger partial charge in [-0.15, -0.1) is 0 Å². The van der Waals surface area contributed by atoms with Crippen molar-refractivity contribution in [3.63, 3.8) is 0 Å². The number of benzene rings is 2. The molecule has 0 amide bonds. The van der Waals surface area contributed by atoms with Gasteiger partial charge in [0.05, 0.1) is 14.2 Å². The first-order valence-electron chi connectivity index (χ1n) is 5.93. The normalized spacial score (nSPS) is 10.3. The summed E-state index contributed by atoms with van der Waals surface area (Å²) in [6, 6.07) is 9.65. The fourth-order valence-electron chi connectivity index (χ4n) is 1.97. The van der Waals surface area contributed by atoms with E-state index in [0.29, 0.717) is 5.75 Å². The van der Waals surface area contributed by atoms with Gasteiger partial charge < -0.3 is 14.2 Å². The number of hydrogen-bond acceptors (Lipinski definition) is 4. The Bertz CT molecular complexity index is 604. The number of hydrogen-bond donors (Lipinski definition) is 0. The topological polar surface area (TPSA) is 44.8 Å². The van der Waals surface area contributed by atoms with Gasteiger partial charge in [0.25, 0.3) is 0 Å². The Morgan fingerprint density at radius 3 is 2.58 bits per heavy atom.